The summed E-state index contributed by atoms with van der Waals surface area (Å²) >= 11 is 0. The van der Waals surface area contributed by atoms with Crippen LogP contribution in [-0.2, 0) is 6.54 Å². The normalized spacial score (nSPS) is 11.6. The van der Waals surface area contributed by atoms with E-state index in [0.29, 0.717) is 30.6 Å². The van der Waals surface area contributed by atoms with Gasteiger partial charge in [-0.25, -0.2) is 0 Å². The summed E-state index contributed by atoms with van der Waals surface area (Å²) in [4.78, 5) is 2.31. The fourth-order valence-electron chi connectivity index (χ4n) is 2.66. The summed E-state index contributed by atoms with van der Waals surface area (Å²) < 4.78 is 10.5. The molecule has 4 nitrogen and oxygen atoms in total. The van der Waals surface area contributed by atoms with Gasteiger partial charge in [0.25, 0.3) is 0 Å². The van der Waals surface area contributed by atoms with Crippen molar-refractivity contribution in [1.29, 1.82) is 0 Å². The number of hydrogen-bond acceptors (Lipinski definition) is 4. The van der Waals surface area contributed by atoms with Crippen molar-refractivity contribution in [3.05, 3.63) is 53.6 Å². The molecule has 2 aromatic rings. The lowest BCUT2D eigenvalue weighted by atomic mass is 10.1. The number of phenols is 1. The number of ether oxygens (including phenoxy) is 2. The van der Waals surface area contributed by atoms with E-state index in [-0.39, 0.29) is 5.75 Å². The SMILES string of the molecule is CC[C@@H](C)N(CC#Cc1ccccc1)Cc1cc(OC)c(O)c(OC)c1. The van der Waals surface area contributed by atoms with E-state index >= 15 is 0 Å². The molecule has 0 bridgehead atoms. The standard InChI is InChI=1S/C22H27NO3/c1-5-17(2)23(13-9-12-18-10-7-6-8-11-18)16-19-14-20(25-3)22(24)21(15-19)26-4/h6-8,10-11,14-15,17,24H,5,13,16H2,1-4H3/t17-/m1/s1. The fraction of sp³-hybridized carbons (Fsp3) is 0.364. The van der Waals surface area contributed by atoms with Gasteiger partial charge in [-0.15, -0.1) is 0 Å². The zero-order valence-electron chi connectivity index (χ0n) is 16.0. The maximum atomic E-state index is 10.1. The fourth-order valence-corrected chi connectivity index (χ4v) is 2.66. The molecule has 0 aliphatic rings. The number of phenolic OH excluding ortho intramolecular Hbond substituents is 1. The monoisotopic (exact) mass is 353 g/mol. The largest absolute Gasteiger partial charge is 0.502 e. The van der Waals surface area contributed by atoms with Crippen molar-refractivity contribution in [3.8, 4) is 29.1 Å². The van der Waals surface area contributed by atoms with Gasteiger partial charge in [0.1, 0.15) is 0 Å². The number of rotatable bonds is 7. The minimum absolute atomic E-state index is 0.0257. The van der Waals surface area contributed by atoms with Crippen molar-refractivity contribution < 1.29 is 14.6 Å². The highest BCUT2D eigenvalue weighted by Crippen LogP contribution is 2.37. The van der Waals surface area contributed by atoms with E-state index in [0.717, 1.165) is 17.5 Å². The quantitative estimate of drug-likeness (QED) is 0.762. The second-order valence-electron chi connectivity index (χ2n) is 6.18. The first-order valence-electron chi connectivity index (χ1n) is 8.80. The highest BCUT2D eigenvalue weighted by atomic mass is 16.5. The molecule has 0 aliphatic heterocycles. The van der Waals surface area contributed by atoms with Gasteiger partial charge in [0.2, 0.25) is 5.75 Å². The molecule has 0 heterocycles. The van der Waals surface area contributed by atoms with Crippen molar-refractivity contribution in [1.82, 2.24) is 4.90 Å². The molecule has 0 radical (unpaired) electrons. The minimum atomic E-state index is 0.0257. The Morgan fingerprint density at radius 1 is 1.08 bits per heavy atom. The third-order valence-electron chi connectivity index (χ3n) is 4.43. The first-order valence-corrected chi connectivity index (χ1v) is 8.80. The van der Waals surface area contributed by atoms with Gasteiger partial charge >= 0.3 is 0 Å². The van der Waals surface area contributed by atoms with E-state index in [4.69, 9.17) is 9.47 Å². The van der Waals surface area contributed by atoms with Crippen LogP contribution in [-0.4, -0.2) is 36.8 Å². The Balaban J connectivity index is 2.19. The minimum Gasteiger partial charge on any atom is -0.502 e. The molecule has 4 heteroatoms. The Hall–Kier alpha value is -2.64. The van der Waals surface area contributed by atoms with Crippen LogP contribution in [0.25, 0.3) is 0 Å². The second kappa shape index (κ2) is 9.74. The van der Waals surface area contributed by atoms with E-state index in [1.54, 1.807) is 0 Å². The molecule has 0 spiro atoms. The number of benzene rings is 2. The van der Waals surface area contributed by atoms with E-state index in [9.17, 15) is 5.11 Å². The zero-order chi connectivity index (χ0) is 18.9. The van der Waals surface area contributed by atoms with Crippen LogP contribution in [0.1, 0.15) is 31.4 Å². The number of methoxy groups -OCH3 is 2. The lowest BCUT2D eigenvalue weighted by Gasteiger charge is -2.26. The highest BCUT2D eigenvalue weighted by molar-refractivity contribution is 5.52. The lowest BCUT2D eigenvalue weighted by Crippen LogP contribution is -2.32. The van der Waals surface area contributed by atoms with Crippen LogP contribution in [0.3, 0.4) is 0 Å². The van der Waals surface area contributed by atoms with Gasteiger partial charge in [0, 0.05) is 18.2 Å². The second-order valence-corrected chi connectivity index (χ2v) is 6.18. The van der Waals surface area contributed by atoms with Crippen molar-refractivity contribution in [2.75, 3.05) is 20.8 Å². The molecular formula is C22H27NO3. The predicted octanol–water partition coefficient (Wildman–Crippen LogP) is 4.06. The summed E-state index contributed by atoms with van der Waals surface area (Å²) in [5, 5.41) is 10.1. The highest BCUT2D eigenvalue weighted by Gasteiger charge is 2.16. The molecule has 0 aliphatic carbocycles. The van der Waals surface area contributed by atoms with E-state index < -0.39 is 0 Å². The van der Waals surface area contributed by atoms with Gasteiger partial charge in [-0.1, -0.05) is 37.0 Å². The van der Waals surface area contributed by atoms with Gasteiger partial charge in [-0.2, -0.15) is 0 Å². The summed E-state index contributed by atoms with van der Waals surface area (Å²) in [6.45, 7) is 5.72. The molecule has 1 N–H and O–H groups in total. The first-order chi connectivity index (χ1) is 12.6. The van der Waals surface area contributed by atoms with Crippen LogP contribution in [0.4, 0.5) is 0 Å². The van der Waals surface area contributed by atoms with Gasteiger partial charge in [-0.05, 0) is 43.2 Å². The number of nitrogens with zero attached hydrogens (tertiary/aromatic N) is 1. The van der Waals surface area contributed by atoms with E-state index in [2.05, 4.69) is 30.6 Å². The summed E-state index contributed by atoms with van der Waals surface area (Å²) in [7, 11) is 3.08. The molecular weight excluding hydrogens is 326 g/mol. The third-order valence-corrected chi connectivity index (χ3v) is 4.43. The molecule has 0 saturated heterocycles. The first kappa shape index (κ1) is 19.7. The zero-order valence-corrected chi connectivity index (χ0v) is 16.0. The summed E-state index contributed by atoms with van der Waals surface area (Å²) in [6, 6.07) is 14.1. The maximum Gasteiger partial charge on any atom is 0.200 e. The molecule has 138 valence electrons. The van der Waals surface area contributed by atoms with Crippen molar-refractivity contribution in [2.45, 2.75) is 32.9 Å². The molecule has 0 unspecified atom stereocenters. The van der Waals surface area contributed by atoms with E-state index in [1.165, 1.54) is 14.2 Å². The van der Waals surface area contributed by atoms with Crippen molar-refractivity contribution >= 4 is 0 Å². The summed E-state index contributed by atoms with van der Waals surface area (Å²) in [5.41, 5.74) is 2.03. The Morgan fingerprint density at radius 3 is 2.23 bits per heavy atom. The maximum absolute atomic E-state index is 10.1. The topological polar surface area (TPSA) is 41.9 Å². The van der Waals surface area contributed by atoms with E-state index in [1.807, 2.05) is 42.5 Å². The average Bonchev–Trinajstić information content (AvgIpc) is 2.68. The predicted molar refractivity (Wildman–Crippen MR) is 105 cm³/mol. The molecule has 2 aromatic carbocycles. The Bertz CT molecular complexity index is 737. The third kappa shape index (κ3) is 5.18. The van der Waals surface area contributed by atoms with Gasteiger partial charge in [-0.3, -0.25) is 4.90 Å². The van der Waals surface area contributed by atoms with Crippen LogP contribution < -0.4 is 9.47 Å². The summed E-state index contributed by atoms with van der Waals surface area (Å²) in [6.07, 6.45) is 1.03. The number of hydrogen-bond donors (Lipinski definition) is 1. The molecule has 2 rings (SSSR count). The van der Waals surface area contributed by atoms with Crippen LogP contribution in [0.2, 0.25) is 0 Å². The van der Waals surface area contributed by atoms with Gasteiger partial charge in [0.15, 0.2) is 11.5 Å². The number of aromatic hydroxyl groups is 1. The van der Waals surface area contributed by atoms with Crippen LogP contribution in [0.15, 0.2) is 42.5 Å². The molecule has 0 amide bonds. The Kier molecular flexibility index (Phi) is 7.37. The van der Waals surface area contributed by atoms with Crippen LogP contribution >= 0.6 is 0 Å². The van der Waals surface area contributed by atoms with Crippen LogP contribution in [0, 0.1) is 11.8 Å². The molecule has 26 heavy (non-hydrogen) atoms. The Labute approximate surface area is 156 Å². The smallest absolute Gasteiger partial charge is 0.200 e. The molecule has 0 aromatic heterocycles. The lowest BCUT2D eigenvalue weighted by molar-refractivity contribution is 0.220. The van der Waals surface area contributed by atoms with Crippen LogP contribution in [0.5, 0.6) is 17.2 Å². The Morgan fingerprint density at radius 2 is 1.69 bits per heavy atom. The van der Waals surface area contributed by atoms with Crippen molar-refractivity contribution in [3.63, 3.8) is 0 Å². The molecule has 1 atom stereocenters. The molecule has 0 saturated carbocycles. The van der Waals surface area contributed by atoms with Gasteiger partial charge in [0.05, 0.1) is 20.8 Å². The van der Waals surface area contributed by atoms with Gasteiger partial charge < -0.3 is 14.6 Å². The van der Waals surface area contributed by atoms with Crippen molar-refractivity contribution in [2.24, 2.45) is 0 Å². The molecule has 0 fully saturated rings. The summed E-state index contributed by atoms with van der Waals surface area (Å²) in [5.74, 6) is 7.34. The average molecular weight is 353 g/mol.